The molecular formula is C10H24N2. The molecule has 2 nitrogen and oxygen atoms in total. The molecule has 0 saturated heterocycles. The minimum atomic E-state index is -0.0822. The van der Waals surface area contributed by atoms with Crippen LogP contribution in [0.15, 0.2) is 0 Å². The Morgan fingerprint density at radius 2 is 1.92 bits per heavy atom. The molecule has 3 N–H and O–H groups in total. The largest absolute Gasteiger partial charge is 0.324 e. The summed E-state index contributed by atoms with van der Waals surface area (Å²) in [7, 11) is 0. The average molecular weight is 172 g/mol. The lowest BCUT2D eigenvalue weighted by atomic mass is 10.0. The van der Waals surface area contributed by atoms with Crippen molar-refractivity contribution >= 4 is 0 Å². The summed E-state index contributed by atoms with van der Waals surface area (Å²) >= 11 is 0. The zero-order valence-electron chi connectivity index (χ0n) is 8.98. The first kappa shape index (κ1) is 11.9. The molecule has 0 aliphatic rings. The highest BCUT2D eigenvalue weighted by atomic mass is 15.0. The highest BCUT2D eigenvalue weighted by molar-refractivity contribution is 4.77. The Hall–Kier alpha value is -0.0800. The fourth-order valence-electron chi connectivity index (χ4n) is 1.21. The van der Waals surface area contributed by atoms with Crippen molar-refractivity contribution in [3.63, 3.8) is 0 Å². The highest BCUT2D eigenvalue weighted by Gasteiger charge is 2.12. The van der Waals surface area contributed by atoms with Crippen LogP contribution in [-0.2, 0) is 0 Å². The Balaban J connectivity index is 3.58. The van der Waals surface area contributed by atoms with Crippen LogP contribution in [0.1, 0.15) is 47.0 Å². The van der Waals surface area contributed by atoms with Crippen LogP contribution < -0.4 is 11.1 Å². The second-order valence-electron chi connectivity index (χ2n) is 4.26. The van der Waals surface area contributed by atoms with Gasteiger partial charge < -0.3 is 11.1 Å². The third-order valence-electron chi connectivity index (χ3n) is 1.98. The van der Waals surface area contributed by atoms with E-state index < -0.39 is 0 Å². The summed E-state index contributed by atoms with van der Waals surface area (Å²) in [5.74, 6) is 0. The number of hydrogen-bond donors (Lipinski definition) is 2. The van der Waals surface area contributed by atoms with Gasteiger partial charge in [0.25, 0.3) is 0 Å². The Labute approximate surface area is 76.9 Å². The topological polar surface area (TPSA) is 38.0 Å². The number of hydrogen-bond acceptors (Lipinski definition) is 2. The van der Waals surface area contributed by atoms with Crippen molar-refractivity contribution in [1.29, 1.82) is 0 Å². The maximum absolute atomic E-state index is 5.87. The molecule has 0 heterocycles. The molecule has 0 saturated carbocycles. The van der Waals surface area contributed by atoms with Gasteiger partial charge in [0.2, 0.25) is 0 Å². The molecule has 0 aromatic heterocycles. The van der Waals surface area contributed by atoms with Crippen LogP contribution in [0.5, 0.6) is 0 Å². The van der Waals surface area contributed by atoms with Gasteiger partial charge in [-0.05, 0) is 26.7 Å². The van der Waals surface area contributed by atoms with Crippen LogP contribution in [0.4, 0.5) is 0 Å². The number of nitrogens with two attached hydrogens (primary N) is 1. The lowest BCUT2D eigenvalue weighted by Gasteiger charge is -2.23. The standard InChI is InChI=1S/C10H24N2/c1-5-7-9(6-2)12-8-10(3,4)11/h9,12H,5-8,11H2,1-4H3. The highest BCUT2D eigenvalue weighted by Crippen LogP contribution is 2.02. The van der Waals surface area contributed by atoms with Crippen LogP contribution in [0.2, 0.25) is 0 Å². The van der Waals surface area contributed by atoms with E-state index in [0.29, 0.717) is 6.04 Å². The lowest BCUT2D eigenvalue weighted by molar-refractivity contribution is 0.393. The Bertz CT molecular complexity index is 105. The average Bonchev–Trinajstić information content (AvgIpc) is 1.96. The summed E-state index contributed by atoms with van der Waals surface area (Å²) in [5.41, 5.74) is 5.79. The monoisotopic (exact) mass is 172 g/mol. The van der Waals surface area contributed by atoms with Gasteiger partial charge in [-0.2, -0.15) is 0 Å². The van der Waals surface area contributed by atoms with Crippen LogP contribution in [0, 0.1) is 0 Å². The van der Waals surface area contributed by atoms with Crippen LogP contribution in [0.25, 0.3) is 0 Å². The summed E-state index contributed by atoms with van der Waals surface area (Å²) in [6.07, 6.45) is 3.70. The predicted molar refractivity (Wildman–Crippen MR) is 55.3 cm³/mol. The normalized spacial score (nSPS) is 14.8. The minimum Gasteiger partial charge on any atom is -0.324 e. The van der Waals surface area contributed by atoms with Crippen molar-refractivity contribution in [1.82, 2.24) is 5.32 Å². The molecular weight excluding hydrogens is 148 g/mol. The summed E-state index contributed by atoms with van der Waals surface area (Å²) in [6.45, 7) is 9.46. The molecule has 0 amide bonds. The molecule has 1 atom stereocenters. The van der Waals surface area contributed by atoms with E-state index >= 15 is 0 Å². The van der Waals surface area contributed by atoms with Crippen molar-refractivity contribution in [2.24, 2.45) is 5.73 Å². The third kappa shape index (κ3) is 6.62. The van der Waals surface area contributed by atoms with Gasteiger partial charge >= 0.3 is 0 Å². The Morgan fingerprint density at radius 1 is 1.33 bits per heavy atom. The van der Waals surface area contributed by atoms with Gasteiger partial charge in [0.1, 0.15) is 0 Å². The molecule has 0 aliphatic heterocycles. The van der Waals surface area contributed by atoms with Crippen molar-refractivity contribution < 1.29 is 0 Å². The smallest absolute Gasteiger partial charge is 0.0223 e. The van der Waals surface area contributed by atoms with Gasteiger partial charge in [-0.1, -0.05) is 20.3 Å². The first-order valence-electron chi connectivity index (χ1n) is 5.02. The zero-order valence-corrected chi connectivity index (χ0v) is 8.98. The second kappa shape index (κ2) is 5.55. The van der Waals surface area contributed by atoms with Crippen molar-refractivity contribution in [2.75, 3.05) is 6.54 Å². The first-order valence-corrected chi connectivity index (χ1v) is 5.02. The SMILES string of the molecule is CCCC(CC)NCC(C)(C)N. The summed E-state index contributed by atoms with van der Waals surface area (Å²) in [6, 6.07) is 0.651. The van der Waals surface area contributed by atoms with E-state index in [4.69, 9.17) is 5.73 Å². The quantitative estimate of drug-likeness (QED) is 0.642. The van der Waals surface area contributed by atoms with E-state index in [9.17, 15) is 0 Å². The van der Waals surface area contributed by atoms with Crippen molar-refractivity contribution in [2.45, 2.75) is 58.5 Å². The molecule has 2 heteroatoms. The predicted octanol–water partition coefficient (Wildman–Crippen LogP) is 1.89. The molecule has 0 rings (SSSR count). The van der Waals surface area contributed by atoms with E-state index in [-0.39, 0.29) is 5.54 Å². The maximum Gasteiger partial charge on any atom is 0.0223 e. The zero-order chi connectivity index (χ0) is 9.61. The second-order valence-corrected chi connectivity index (χ2v) is 4.26. The summed E-state index contributed by atoms with van der Waals surface area (Å²) in [5, 5.41) is 3.49. The minimum absolute atomic E-state index is 0.0822. The Kier molecular flexibility index (Phi) is 5.51. The molecule has 0 bridgehead atoms. The third-order valence-corrected chi connectivity index (χ3v) is 1.98. The molecule has 0 fully saturated rings. The molecule has 74 valence electrons. The van der Waals surface area contributed by atoms with Gasteiger partial charge in [-0.25, -0.2) is 0 Å². The van der Waals surface area contributed by atoms with Gasteiger partial charge in [-0.15, -0.1) is 0 Å². The molecule has 1 unspecified atom stereocenters. The molecule has 0 aromatic carbocycles. The van der Waals surface area contributed by atoms with Crippen molar-refractivity contribution in [3.05, 3.63) is 0 Å². The fraction of sp³-hybridized carbons (Fsp3) is 1.00. The van der Waals surface area contributed by atoms with Gasteiger partial charge in [0, 0.05) is 18.1 Å². The van der Waals surface area contributed by atoms with Crippen LogP contribution >= 0.6 is 0 Å². The lowest BCUT2D eigenvalue weighted by Crippen LogP contribution is -2.46. The summed E-state index contributed by atoms with van der Waals surface area (Å²) < 4.78 is 0. The van der Waals surface area contributed by atoms with Gasteiger partial charge in [0.05, 0.1) is 0 Å². The number of rotatable bonds is 6. The van der Waals surface area contributed by atoms with Crippen LogP contribution in [0.3, 0.4) is 0 Å². The molecule has 12 heavy (non-hydrogen) atoms. The van der Waals surface area contributed by atoms with Crippen LogP contribution in [-0.4, -0.2) is 18.1 Å². The van der Waals surface area contributed by atoms with E-state index in [1.54, 1.807) is 0 Å². The maximum atomic E-state index is 5.87. The molecule has 0 aliphatic carbocycles. The summed E-state index contributed by atoms with van der Waals surface area (Å²) in [4.78, 5) is 0. The van der Waals surface area contributed by atoms with Gasteiger partial charge in [-0.3, -0.25) is 0 Å². The molecule has 0 aromatic rings. The van der Waals surface area contributed by atoms with E-state index in [2.05, 4.69) is 33.0 Å². The number of nitrogens with one attached hydrogen (secondary N) is 1. The first-order chi connectivity index (χ1) is 5.49. The van der Waals surface area contributed by atoms with Gasteiger partial charge in [0.15, 0.2) is 0 Å². The van der Waals surface area contributed by atoms with E-state index in [0.717, 1.165) is 6.54 Å². The van der Waals surface area contributed by atoms with E-state index in [1.807, 2.05) is 0 Å². The molecule has 0 spiro atoms. The Morgan fingerprint density at radius 3 is 2.25 bits per heavy atom. The van der Waals surface area contributed by atoms with Crippen molar-refractivity contribution in [3.8, 4) is 0 Å². The molecule has 0 radical (unpaired) electrons. The fourth-order valence-corrected chi connectivity index (χ4v) is 1.21. The van der Waals surface area contributed by atoms with E-state index in [1.165, 1.54) is 19.3 Å².